The molecule has 0 spiro atoms. The van der Waals surface area contributed by atoms with E-state index in [4.69, 9.17) is 5.41 Å². The highest BCUT2D eigenvalue weighted by Gasteiger charge is 2.18. The van der Waals surface area contributed by atoms with Gasteiger partial charge in [-0.2, -0.15) is 0 Å². The van der Waals surface area contributed by atoms with E-state index < -0.39 is 0 Å². The van der Waals surface area contributed by atoms with Gasteiger partial charge in [-0.1, -0.05) is 44.3 Å². The van der Waals surface area contributed by atoms with Crippen LogP contribution in [0.5, 0.6) is 0 Å². The Bertz CT molecular complexity index is 1130. The molecule has 0 saturated heterocycles. The van der Waals surface area contributed by atoms with Crippen molar-refractivity contribution >= 4 is 11.4 Å². The van der Waals surface area contributed by atoms with E-state index in [0.717, 1.165) is 49.6 Å². The Hall–Kier alpha value is -3.64. The molecule has 3 aliphatic heterocycles. The van der Waals surface area contributed by atoms with Crippen LogP contribution in [0.3, 0.4) is 0 Å². The van der Waals surface area contributed by atoms with Gasteiger partial charge >= 0.3 is 0 Å². The number of nitrogens with zero attached hydrogens (tertiary/aromatic N) is 3. The summed E-state index contributed by atoms with van der Waals surface area (Å²) in [6.07, 6.45) is 12.6. The van der Waals surface area contributed by atoms with Crippen LogP contribution >= 0.6 is 0 Å². The first-order chi connectivity index (χ1) is 16.4. The van der Waals surface area contributed by atoms with Crippen molar-refractivity contribution in [2.45, 2.75) is 19.9 Å². The van der Waals surface area contributed by atoms with Crippen LogP contribution in [-0.2, 0) is 13.0 Å². The van der Waals surface area contributed by atoms with Gasteiger partial charge in [0.1, 0.15) is 5.82 Å². The average molecular weight is 455 g/mol. The summed E-state index contributed by atoms with van der Waals surface area (Å²) in [4.78, 5) is 9.14. The molecular weight excluding hydrogens is 420 g/mol. The predicted molar refractivity (Wildman–Crippen MR) is 141 cm³/mol. The third-order valence-electron chi connectivity index (χ3n) is 6.31. The van der Waals surface area contributed by atoms with Crippen molar-refractivity contribution in [2.24, 2.45) is 10.9 Å². The SMILES string of the molecule is C=C(NCC(C)CN1CCc2ccccc2C1)C(=N)/C=C1/N=C(C2=CC(=C)N(C)C=C2)C=CN1. The molecule has 6 nitrogen and oxygen atoms in total. The zero-order valence-corrected chi connectivity index (χ0v) is 20.1. The van der Waals surface area contributed by atoms with Crippen molar-refractivity contribution in [1.29, 1.82) is 5.41 Å². The zero-order valence-electron chi connectivity index (χ0n) is 20.1. The smallest absolute Gasteiger partial charge is 0.132 e. The molecule has 1 atom stereocenters. The molecule has 1 aromatic carbocycles. The minimum Gasteiger partial charge on any atom is -0.383 e. The van der Waals surface area contributed by atoms with Crippen LogP contribution in [0.15, 0.2) is 102 Å². The van der Waals surface area contributed by atoms with Gasteiger partial charge < -0.3 is 15.5 Å². The zero-order chi connectivity index (χ0) is 24.1. The third kappa shape index (κ3) is 5.83. The Labute approximate surface area is 203 Å². The molecule has 0 fully saturated rings. The first kappa shape index (κ1) is 23.5. The molecule has 0 amide bonds. The number of benzene rings is 1. The molecule has 0 aromatic heterocycles. The van der Waals surface area contributed by atoms with Crippen molar-refractivity contribution < 1.29 is 0 Å². The Balaban J connectivity index is 1.28. The van der Waals surface area contributed by atoms with Crippen LogP contribution < -0.4 is 10.6 Å². The monoisotopic (exact) mass is 454 g/mol. The molecular formula is C28H34N6. The third-order valence-corrected chi connectivity index (χ3v) is 6.31. The quantitative estimate of drug-likeness (QED) is 0.518. The Morgan fingerprint density at radius 3 is 2.88 bits per heavy atom. The molecule has 0 saturated carbocycles. The summed E-state index contributed by atoms with van der Waals surface area (Å²) in [7, 11) is 1.96. The van der Waals surface area contributed by atoms with Gasteiger partial charge in [0.05, 0.1) is 17.1 Å². The van der Waals surface area contributed by atoms with Crippen LogP contribution in [0.25, 0.3) is 0 Å². The summed E-state index contributed by atoms with van der Waals surface area (Å²) >= 11 is 0. The average Bonchev–Trinajstić information content (AvgIpc) is 2.84. The van der Waals surface area contributed by atoms with Gasteiger partial charge in [-0.25, -0.2) is 4.99 Å². The molecule has 0 radical (unpaired) electrons. The summed E-state index contributed by atoms with van der Waals surface area (Å²) in [5.41, 5.74) is 6.57. The van der Waals surface area contributed by atoms with Gasteiger partial charge in [0.25, 0.3) is 0 Å². The molecule has 34 heavy (non-hydrogen) atoms. The number of rotatable bonds is 8. The second-order valence-electron chi connectivity index (χ2n) is 9.15. The fraction of sp³-hybridized carbons (Fsp3) is 0.286. The lowest BCUT2D eigenvalue weighted by Gasteiger charge is -2.31. The van der Waals surface area contributed by atoms with E-state index in [-0.39, 0.29) is 0 Å². The highest BCUT2D eigenvalue weighted by atomic mass is 15.1. The van der Waals surface area contributed by atoms with Gasteiger partial charge in [-0.3, -0.25) is 10.3 Å². The number of allylic oxidation sites excluding steroid dienone is 5. The van der Waals surface area contributed by atoms with Crippen LogP contribution in [0, 0.1) is 11.3 Å². The topological polar surface area (TPSA) is 66.8 Å². The van der Waals surface area contributed by atoms with Crippen LogP contribution in [-0.4, -0.2) is 47.9 Å². The second kappa shape index (κ2) is 10.5. The molecule has 4 rings (SSSR count). The van der Waals surface area contributed by atoms with Gasteiger partial charge in [0.15, 0.2) is 0 Å². The summed E-state index contributed by atoms with van der Waals surface area (Å²) < 4.78 is 0. The van der Waals surface area contributed by atoms with Gasteiger partial charge in [-0.05, 0) is 41.7 Å². The van der Waals surface area contributed by atoms with E-state index in [2.05, 4.69) is 64.9 Å². The number of likely N-dealkylation sites (N-methyl/N-ethyl adjacent to an activating group) is 1. The Morgan fingerprint density at radius 1 is 1.29 bits per heavy atom. The number of nitrogens with one attached hydrogen (secondary N) is 3. The predicted octanol–water partition coefficient (Wildman–Crippen LogP) is 4.10. The van der Waals surface area contributed by atoms with Crippen molar-refractivity contribution in [1.82, 2.24) is 20.4 Å². The molecule has 0 bridgehead atoms. The summed E-state index contributed by atoms with van der Waals surface area (Å²) in [5, 5.41) is 14.9. The molecule has 176 valence electrons. The minimum atomic E-state index is 0.317. The number of aliphatic imine (C=N–C) groups is 1. The molecule has 1 unspecified atom stereocenters. The van der Waals surface area contributed by atoms with Crippen molar-refractivity contribution in [3.63, 3.8) is 0 Å². The van der Waals surface area contributed by atoms with Crippen LogP contribution in [0.2, 0.25) is 0 Å². The van der Waals surface area contributed by atoms with Gasteiger partial charge in [-0.15, -0.1) is 0 Å². The normalized spacial score (nSPS) is 19.8. The molecule has 3 aliphatic rings. The maximum absolute atomic E-state index is 8.45. The number of hydrogen-bond acceptors (Lipinski definition) is 6. The highest BCUT2D eigenvalue weighted by molar-refractivity contribution is 6.12. The second-order valence-corrected chi connectivity index (χ2v) is 9.15. The lowest BCUT2D eigenvalue weighted by molar-refractivity contribution is 0.219. The van der Waals surface area contributed by atoms with E-state index in [1.54, 1.807) is 6.08 Å². The Kier molecular flexibility index (Phi) is 7.28. The Morgan fingerprint density at radius 2 is 2.09 bits per heavy atom. The fourth-order valence-electron chi connectivity index (χ4n) is 4.25. The van der Waals surface area contributed by atoms with Gasteiger partial charge in [0, 0.05) is 63.0 Å². The first-order valence-electron chi connectivity index (χ1n) is 11.8. The van der Waals surface area contributed by atoms with E-state index in [1.807, 2.05) is 42.6 Å². The lowest BCUT2D eigenvalue weighted by Crippen LogP contribution is -2.37. The lowest BCUT2D eigenvalue weighted by atomic mass is 9.99. The highest BCUT2D eigenvalue weighted by Crippen LogP contribution is 2.20. The summed E-state index contributed by atoms with van der Waals surface area (Å²) in [6.45, 7) is 14.3. The van der Waals surface area contributed by atoms with Crippen molar-refractivity contribution in [3.05, 3.63) is 108 Å². The van der Waals surface area contributed by atoms with Crippen LogP contribution in [0.1, 0.15) is 18.1 Å². The molecule has 1 aromatic rings. The maximum Gasteiger partial charge on any atom is 0.132 e. The van der Waals surface area contributed by atoms with E-state index in [1.165, 1.54) is 11.1 Å². The van der Waals surface area contributed by atoms with Crippen molar-refractivity contribution in [3.8, 4) is 0 Å². The minimum absolute atomic E-state index is 0.317. The molecule has 6 heteroatoms. The summed E-state index contributed by atoms with van der Waals surface area (Å²) in [5.74, 6) is 1.06. The number of fused-ring (bicyclic) bond motifs is 1. The summed E-state index contributed by atoms with van der Waals surface area (Å²) in [6, 6.07) is 8.73. The fourth-order valence-corrected chi connectivity index (χ4v) is 4.25. The van der Waals surface area contributed by atoms with Gasteiger partial charge in [0.2, 0.25) is 0 Å². The van der Waals surface area contributed by atoms with Crippen molar-refractivity contribution in [2.75, 3.05) is 26.7 Å². The van der Waals surface area contributed by atoms with Crippen LogP contribution in [0.4, 0.5) is 0 Å². The standard InChI is InChI=1S/C28H34N6/c1-20(18-34-14-11-23-7-5-6-8-25(23)19-34)17-31-22(3)26(29)16-28-30-12-9-27(32-28)24-10-13-33(4)21(2)15-24/h5-10,12-13,15-16,20,29-31H,2-3,11,14,17-19H2,1,4H3/b28-16+,29-26?. The van der Waals surface area contributed by atoms with E-state index in [9.17, 15) is 0 Å². The molecule has 3 N–H and O–H groups in total. The van der Waals surface area contributed by atoms with E-state index in [0.29, 0.717) is 23.1 Å². The largest absolute Gasteiger partial charge is 0.383 e. The molecule has 0 aliphatic carbocycles. The number of hydrogen-bond donors (Lipinski definition) is 3. The first-order valence-corrected chi connectivity index (χ1v) is 11.8. The molecule has 3 heterocycles. The maximum atomic E-state index is 8.45. The van der Waals surface area contributed by atoms with E-state index >= 15 is 0 Å².